The van der Waals surface area contributed by atoms with Crippen LogP contribution in [0.2, 0.25) is 0 Å². The molecule has 1 aliphatic rings. The van der Waals surface area contributed by atoms with Crippen molar-refractivity contribution in [1.29, 1.82) is 0 Å². The minimum absolute atomic E-state index is 0.381. The van der Waals surface area contributed by atoms with Crippen molar-refractivity contribution in [1.82, 2.24) is 14.9 Å². The molecule has 4 aromatic rings. The maximum atomic E-state index is 13.0. The van der Waals surface area contributed by atoms with E-state index in [4.69, 9.17) is 15.6 Å². The molecule has 1 unspecified atom stereocenters. The number of likely N-dealkylation sites (tertiary alicyclic amines) is 1. The van der Waals surface area contributed by atoms with Crippen LogP contribution in [0.1, 0.15) is 24.0 Å². The number of carboxylic acid groups (broad SMARTS) is 1. The van der Waals surface area contributed by atoms with E-state index in [-0.39, 0.29) is 0 Å². The number of fused-ring (bicyclic) bond motifs is 1. The number of aromatic nitrogens is 2. The number of hydrogen-bond donors (Lipinski definition) is 3. The third kappa shape index (κ3) is 6.97. The number of thiophene rings is 1. The summed E-state index contributed by atoms with van der Waals surface area (Å²) in [5.74, 6) is -2.18. The lowest BCUT2D eigenvalue weighted by Gasteiger charge is -2.23. The highest BCUT2D eigenvalue weighted by molar-refractivity contribution is 7.18. The van der Waals surface area contributed by atoms with Gasteiger partial charge in [0.05, 0.1) is 21.5 Å². The number of rotatable bonds is 5. The lowest BCUT2D eigenvalue weighted by molar-refractivity contribution is -0.192. The second kappa shape index (κ2) is 11.4. The number of benzene rings is 2. The molecule has 3 heterocycles. The minimum atomic E-state index is -5.08. The first-order valence-electron chi connectivity index (χ1n) is 11.9. The molecule has 0 spiro atoms. The van der Waals surface area contributed by atoms with Gasteiger partial charge in [0.1, 0.15) is 5.82 Å². The number of imidazole rings is 1. The van der Waals surface area contributed by atoms with Gasteiger partial charge < -0.3 is 15.8 Å². The minimum Gasteiger partial charge on any atom is -0.475 e. The van der Waals surface area contributed by atoms with Crippen molar-refractivity contribution in [2.24, 2.45) is 5.73 Å². The number of carboxylic acids is 1. The summed E-state index contributed by atoms with van der Waals surface area (Å²) in [6, 6.07) is 16.6. The summed E-state index contributed by atoms with van der Waals surface area (Å²) in [4.78, 5) is 20.8. The number of halogens is 6. The second-order valence-electron chi connectivity index (χ2n) is 8.98. The molecule has 0 aliphatic carbocycles. The van der Waals surface area contributed by atoms with Crippen molar-refractivity contribution < 1.29 is 36.2 Å². The fourth-order valence-corrected chi connectivity index (χ4v) is 5.26. The highest BCUT2D eigenvalue weighted by Crippen LogP contribution is 2.36. The van der Waals surface area contributed by atoms with E-state index >= 15 is 0 Å². The molecular weight excluding hydrogens is 546 g/mol. The number of nitrogens with zero attached hydrogens (tertiary/aromatic N) is 2. The number of nitrogens with two attached hydrogens (primary N) is 1. The molecule has 208 valence electrons. The predicted octanol–water partition coefficient (Wildman–Crippen LogP) is 6.53. The van der Waals surface area contributed by atoms with Gasteiger partial charge in [0, 0.05) is 24.0 Å². The largest absolute Gasteiger partial charge is 0.490 e. The Morgan fingerprint density at radius 1 is 1.05 bits per heavy atom. The van der Waals surface area contributed by atoms with Crippen molar-refractivity contribution in [3.05, 3.63) is 65.7 Å². The van der Waals surface area contributed by atoms with E-state index in [1.807, 2.05) is 12.1 Å². The molecule has 2 aromatic heterocycles. The summed E-state index contributed by atoms with van der Waals surface area (Å²) in [5.41, 5.74) is 8.48. The van der Waals surface area contributed by atoms with Gasteiger partial charge in [-0.1, -0.05) is 24.3 Å². The van der Waals surface area contributed by atoms with E-state index in [9.17, 15) is 26.3 Å². The standard InChI is InChI=1S/C24H23F3N4S.C2HF3O2/c25-24(26,27)17-7-8-19-20(12-17)30-23(29-19)22-10-9-21(32-22)16-5-3-15(4-6-16)14-31-11-1-2-18(31)13-28;3-2(4,5)1(6)7/h3-10,12,18H,1-2,11,13-14,28H2,(H,29,30);(H,6,7). The molecule has 6 nitrogen and oxygen atoms in total. The summed E-state index contributed by atoms with van der Waals surface area (Å²) in [6.07, 6.45) is -7.08. The van der Waals surface area contributed by atoms with Crippen LogP contribution in [0.5, 0.6) is 0 Å². The monoisotopic (exact) mass is 570 g/mol. The molecule has 1 fully saturated rings. The first-order valence-corrected chi connectivity index (χ1v) is 12.7. The molecule has 13 heteroatoms. The second-order valence-corrected chi connectivity index (χ2v) is 10.1. The Labute approximate surface area is 223 Å². The Hall–Kier alpha value is -3.42. The van der Waals surface area contributed by atoms with E-state index in [0.717, 1.165) is 40.5 Å². The molecular formula is C26H24F6N4O2S. The molecule has 0 radical (unpaired) electrons. The van der Waals surface area contributed by atoms with E-state index in [1.165, 1.54) is 24.5 Å². The summed E-state index contributed by atoms with van der Waals surface area (Å²) in [5, 5.41) is 7.12. The number of alkyl halides is 6. The van der Waals surface area contributed by atoms with Crippen LogP contribution in [0.3, 0.4) is 0 Å². The smallest absolute Gasteiger partial charge is 0.475 e. The lowest BCUT2D eigenvalue weighted by Crippen LogP contribution is -2.34. The number of H-pyrrole nitrogens is 1. The third-order valence-electron chi connectivity index (χ3n) is 6.29. The molecule has 0 amide bonds. The average Bonchev–Trinajstić information content (AvgIpc) is 3.62. The zero-order valence-corrected chi connectivity index (χ0v) is 21.1. The Balaban J connectivity index is 0.000000448. The topological polar surface area (TPSA) is 95.2 Å². The van der Waals surface area contributed by atoms with Crippen molar-refractivity contribution in [3.63, 3.8) is 0 Å². The van der Waals surface area contributed by atoms with E-state index in [0.29, 0.717) is 29.4 Å². The maximum Gasteiger partial charge on any atom is 0.490 e. The summed E-state index contributed by atoms with van der Waals surface area (Å²) >= 11 is 1.56. The number of carbonyl (C=O) groups is 1. The van der Waals surface area contributed by atoms with Crippen molar-refractivity contribution in [3.8, 4) is 21.1 Å². The van der Waals surface area contributed by atoms with E-state index < -0.39 is 23.9 Å². The van der Waals surface area contributed by atoms with Crippen molar-refractivity contribution in [2.45, 2.75) is 37.8 Å². The summed E-state index contributed by atoms with van der Waals surface area (Å²) < 4.78 is 70.7. The van der Waals surface area contributed by atoms with E-state index in [1.54, 1.807) is 11.3 Å². The average molecular weight is 571 g/mol. The van der Waals surface area contributed by atoms with E-state index in [2.05, 4.69) is 39.1 Å². The molecule has 2 aromatic carbocycles. The Morgan fingerprint density at radius 2 is 1.72 bits per heavy atom. The lowest BCUT2D eigenvalue weighted by atomic mass is 10.1. The summed E-state index contributed by atoms with van der Waals surface area (Å²) in [6.45, 7) is 2.71. The van der Waals surface area contributed by atoms with Crippen LogP contribution in [0, 0.1) is 0 Å². The Kier molecular flexibility index (Phi) is 8.33. The molecule has 39 heavy (non-hydrogen) atoms. The fraction of sp³-hybridized carbons (Fsp3) is 0.308. The fourth-order valence-electron chi connectivity index (χ4n) is 4.30. The van der Waals surface area contributed by atoms with Gasteiger partial charge in [-0.05, 0) is 60.8 Å². The van der Waals surface area contributed by atoms with Crippen LogP contribution in [0.25, 0.3) is 32.2 Å². The highest BCUT2D eigenvalue weighted by Gasteiger charge is 2.38. The number of hydrogen-bond acceptors (Lipinski definition) is 5. The van der Waals surface area contributed by atoms with Crippen LogP contribution in [-0.4, -0.2) is 51.3 Å². The SMILES string of the molecule is NCC1CCCN1Cc1ccc(-c2ccc(-c3nc4ccc(C(F)(F)F)cc4[nH]3)s2)cc1.O=C(O)C(F)(F)F. The van der Waals surface area contributed by atoms with Gasteiger partial charge in [0.2, 0.25) is 0 Å². The summed E-state index contributed by atoms with van der Waals surface area (Å²) in [7, 11) is 0. The first kappa shape index (κ1) is 28.6. The van der Waals surface area contributed by atoms with Gasteiger partial charge in [-0.15, -0.1) is 11.3 Å². The van der Waals surface area contributed by atoms with Crippen molar-refractivity contribution in [2.75, 3.05) is 13.1 Å². The normalized spacial score (nSPS) is 16.3. The van der Waals surface area contributed by atoms with Crippen LogP contribution >= 0.6 is 11.3 Å². The van der Waals surface area contributed by atoms with Crippen molar-refractivity contribution >= 4 is 28.3 Å². The van der Waals surface area contributed by atoms with Crippen LogP contribution in [0.4, 0.5) is 26.3 Å². The number of aliphatic carboxylic acids is 1. The quantitative estimate of drug-likeness (QED) is 0.237. The first-order chi connectivity index (χ1) is 18.3. The zero-order chi connectivity index (χ0) is 28.4. The predicted molar refractivity (Wildman–Crippen MR) is 136 cm³/mol. The van der Waals surface area contributed by atoms with Gasteiger partial charge in [0.25, 0.3) is 0 Å². The molecule has 4 N–H and O–H groups in total. The van der Waals surface area contributed by atoms with Gasteiger partial charge in [0.15, 0.2) is 0 Å². The zero-order valence-electron chi connectivity index (χ0n) is 20.3. The molecule has 0 saturated carbocycles. The van der Waals surface area contributed by atoms with Gasteiger partial charge in [-0.2, -0.15) is 26.3 Å². The molecule has 0 bridgehead atoms. The van der Waals surface area contributed by atoms with Crippen LogP contribution in [-0.2, 0) is 17.5 Å². The Morgan fingerprint density at radius 3 is 2.33 bits per heavy atom. The van der Waals surface area contributed by atoms with Gasteiger partial charge in [-0.3, -0.25) is 4.90 Å². The van der Waals surface area contributed by atoms with Crippen LogP contribution in [0.15, 0.2) is 54.6 Å². The Bertz CT molecular complexity index is 1430. The highest BCUT2D eigenvalue weighted by atomic mass is 32.1. The van der Waals surface area contributed by atoms with Gasteiger partial charge in [-0.25, -0.2) is 9.78 Å². The number of aromatic amines is 1. The molecule has 1 saturated heterocycles. The molecule has 1 aliphatic heterocycles. The van der Waals surface area contributed by atoms with Crippen LogP contribution < -0.4 is 5.73 Å². The maximum absolute atomic E-state index is 13.0. The molecule has 1 atom stereocenters. The van der Waals surface area contributed by atoms with Gasteiger partial charge >= 0.3 is 18.3 Å². The third-order valence-corrected chi connectivity index (χ3v) is 7.43. The molecule has 5 rings (SSSR count). The number of nitrogens with one attached hydrogen (secondary N) is 1.